The summed E-state index contributed by atoms with van der Waals surface area (Å²) in [7, 11) is -3.54. The van der Waals surface area contributed by atoms with E-state index in [0.717, 1.165) is 0 Å². The van der Waals surface area contributed by atoms with Crippen molar-refractivity contribution in [2.45, 2.75) is 13.8 Å². The van der Waals surface area contributed by atoms with Gasteiger partial charge in [-0.2, -0.15) is 12.7 Å². The molecule has 0 saturated carbocycles. The zero-order valence-corrected chi connectivity index (χ0v) is 11.6. The number of nitrogens with zero attached hydrogens (tertiary/aromatic N) is 2. The molecule has 1 heterocycles. The molecule has 0 aromatic heterocycles. The number of piperazine rings is 1. The van der Waals surface area contributed by atoms with E-state index in [0.29, 0.717) is 26.2 Å². The molecular formula is C12H19N3O2S. The monoisotopic (exact) mass is 269 g/mol. The van der Waals surface area contributed by atoms with Crippen molar-refractivity contribution in [3.63, 3.8) is 0 Å². The fourth-order valence-electron chi connectivity index (χ4n) is 2.26. The van der Waals surface area contributed by atoms with Crippen molar-refractivity contribution in [2.24, 2.45) is 5.14 Å². The molecule has 0 atom stereocenters. The Hall–Kier alpha value is -1.11. The number of aryl methyl sites for hydroxylation is 1. The molecule has 0 radical (unpaired) electrons. The molecular weight excluding hydrogens is 250 g/mol. The average Bonchev–Trinajstić information content (AvgIpc) is 2.32. The Labute approximate surface area is 108 Å². The van der Waals surface area contributed by atoms with Crippen molar-refractivity contribution in [1.82, 2.24) is 4.31 Å². The number of hydrogen-bond acceptors (Lipinski definition) is 3. The second-order valence-electron chi connectivity index (χ2n) is 4.65. The largest absolute Gasteiger partial charge is 0.369 e. The molecule has 6 heteroatoms. The molecule has 2 N–H and O–H groups in total. The Morgan fingerprint density at radius 2 is 1.72 bits per heavy atom. The van der Waals surface area contributed by atoms with Gasteiger partial charge in [0.25, 0.3) is 10.2 Å². The average molecular weight is 269 g/mol. The zero-order valence-electron chi connectivity index (χ0n) is 10.8. The van der Waals surface area contributed by atoms with Gasteiger partial charge >= 0.3 is 0 Å². The van der Waals surface area contributed by atoms with Gasteiger partial charge in [-0.05, 0) is 31.0 Å². The predicted octanol–water partition coefficient (Wildman–Crippen LogP) is 0.629. The molecule has 0 amide bonds. The van der Waals surface area contributed by atoms with Crippen LogP contribution >= 0.6 is 0 Å². The van der Waals surface area contributed by atoms with Crippen LogP contribution in [0.25, 0.3) is 0 Å². The number of hydrogen-bond donors (Lipinski definition) is 1. The Kier molecular flexibility index (Phi) is 3.61. The van der Waals surface area contributed by atoms with Crippen molar-refractivity contribution >= 4 is 15.9 Å². The number of rotatable bonds is 2. The minimum Gasteiger partial charge on any atom is -0.369 e. The van der Waals surface area contributed by atoms with Gasteiger partial charge in [0, 0.05) is 31.9 Å². The van der Waals surface area contributed by atoms with Crippen LogP contribution in [0.2, 0.25) is 0 Å². The molecule has 0 unspecified atom stereocenters. The summed E-state index contributed by atoms with van der Waals surface area (Å²) in [6, 6.07) is 6.19. The second kappa shape index (κ2) is 4.87. The van der Waals surface area contributed by atoms with Gasteiger partial charge in [-0.1, -0.05) is 12.1 Å². The zero-order chi connectivity index (χ0) is 13.3. The van der Waals surface area contributed by atoms with Gasteiger partial charge in [0.2, 0.25) is 0 Å². The molecule has 18 heavy (non-hydrogen) atoms. The van der Waals surface area contributed by atoms with Crippen LogP contribution in [0, 0.1) is 13.8 Å². The van der Waals surface area contributed by atoms with Crippen LogP contribution in [-0.2, 0) is 10.2 Å². The second-order valence-corrected chi connectivity index (χ2v) is 6.20. The summed E-state index contributed by atoms with van der Waals surface area (Å²) in [5.41, 5.74) is 3.69. The van der Waals surface area contributed by atoms with Gasteiger partial charge in [0.15, 0.2) is 0 Å². The van der Waals surface area contributed by atoms with E-state index in [1.807, 2.05) is 6.07 Å². The number of nitrogens with two attached hydrogens (primary N) is 1. The van der Waals surface area contributed by atoms with Gasteiger partial charge in [-0.25, -0.2) is 5.14 Å². The summed E-state index contributed by atoms with van der Waals surface area (Å²) in [5.74, 6) is 0. The van der Waals surface area contributed by atoms with Crippen LogP contribution in [0.4, 0.5) is 5.69 Å². The van der Waals surface area contributed by atoms with Gasteiger partial charge in [-0.15, -0.1) is 0 Å². The lowest BCUT2D eigenvalue weighted by Crippen LogP contribution is -2.50. The van der Waals surface area contributed by atoms with Crippen LogP contribution in [0.1, 0.15) is 11.1 Å². The van der Waals surface area contributed by atoms with Crippen molar-refractivity contribution in [3.05, 3.63) is 29.3 Å². The smallest absolute Gasteiger partial charge is 0.277 e. The topological polar surface area (TPSA) is 66.6 Å². The van der Waals surface area contributed by atoms with E-state index in [2.05, 4.69) is 30.9 Å². The molecule has 1 aliphatic rings. The molecule has 5 nitrogen and oxygen atoms in total. The highest BCUT2D eigenvalue weighted by Gasteiger charge is 2.24. The quantitative estimate of drug-likeness (QED) is 0.856. The molecule has 1 aliphatic heterocycles. The highest BCUT2D eigenvalue weighted by atomic mass is 32.2. The van der Waals surface area contributed by atoms with Crippen molar-refractivity contribution < 1.29 is 8.42 Å². The van der Waals surface area contributed by atoms with E-state index in [1.165, 1.54) is 21.1 Å². The fourth-order valence-corrected chi connectivity index (χ4v) is 2.93. The first-order chi connectivity index (χ1) is 8.39. The Balaban J connectivity index is 2.13. The number of anilines is 1. The third kappa shape index (κ3) is 2.66. The van der Waals surface area contributed by atoms with E-state index in [-0.39, 0.29) is 0 Å². The van der Waals surface area contributed by atoms with E-state index >= 15 is 0 Å². The van der Waals surface area contributed by atoms with E-state index in [1.54, 1.807) is 0 Å². The summed E-state index contributed by atoms with van der Waals surface area (Å²) in [6.45, 7) is 6.44. The minimum absolute atomic E-state index is 0.451. The third-order valence-electron chi connectivity index (χ3n) is 3.52. The van der Waals surface area contributed by atoms with Crippen molar-refractivity contribution in [1.29, 1.82) is 0 Å². The Morgan fingerprint density at radius 3 is 2.28 bits per heavy atom. The first-order valence-corrected chi connectivity index (χ1v) is 7.49. The maximum atomic E-state index is 11.2. The van der Waals surface area contributed by atoms with Gasteiger partial charge in [0.1, 0.15) is 0 Å². The van der Waals surface area contributed by atoms with E-state index in [4.69, 9.17) is 5.14 Å². The fraction of sp³-hybridized carbons (Fsp3) is 0.500. The molecule has 1 fully saturated rings. The third-order valence-corrected chi connectivity index (χ3v) is 4.60. The highest BCUT2D eigenvalue weighted by molar-refractivity contribution is 7.86. The summed E-state index contributed by atoms with van der Waals surface area (Å²) >= 11 is 0. The highest BCUT2D eigenvalue weighted by Crippen LogP contribution is 2.23. The molecule has 100 valence electrons. The normalized spacial score (nSPS) is 18.1. The van der Waals surface area contributed by atoms with Crippen LogP contribution in [0.15, 0.2) is 18.2 Å². The van der Waals surface area contributed by atoms with E-state index < -0.39 is 10.2 Å². The van der Waals surface area contributed by atoms with Crippen LogP contribution < -0.4 is 10.0 Å². The molecule has 0 aliphatic carbocycles. The minimum atomic E-state index is -3.54. The van der Waals surface area contributed by atoms with Crippen LogP contribution in [-0.4, -0.2) is 38.9 Å². The predicted molar refractivity (Wildman–Crippen MR) is 72.8 cm³/mol. The SMILES string of the molecule is Cc1cccc(N2CCN(S(N)(=O)=O)CC2)c1C. The first-order valence-electron chi connectivity index (χ1n) is 5.98. The molecule has 1 saturated heterocycles. The molecule has 2 rings (SSSR count). The van der Waals surface area contributed by atoms with Crippen LogP contribution in [0.3, 0.4) is 0 Å². The Morgan fingerprint density at radius 1 is 1.11 bits per heavy atom. The lowest BCUT2D eigenvalue weighted by atomic mass is 10.1. The van der Waals surface area contributed by atoms with Crippen molar-refractivity contribution in [2.75, 3.05) is 31.1 Å². The summed E-state index contributed by atoms with van der Waals surface area (Å²) in [4.78, 5) is 2.21. The summed E-state index contributed by atoms with van der Waals surface area (Å²) in [6.07, 6.45) is 0. The lowest BCUT2D eigenvalue weighted by Gasteiger charge is -2.35. The summed E-state index contributed by atoms with van der Waals surface area (Å²) < 4.78 is 23.8. The Bertz CT molecular complexity index is 534. The molecule has 1 aromatic rings. The first kappa shape index (κ1) is 13.3. The maximum Gasteiger partial charge on any atom is 0.277 e. The van der Waals surface area contributed by atoms with Crippen LogP contribution in [0.5, 0.6) is 0 Å². The number of benzene rings is 1. The van der Waals surface area contributed by atoms with Crippen molar-refractivity contribution in [3.8, 4) is 0 Å². The molecule has 1 aromatic carbocycles. The van der Waals surface area contributed by atoms with E-state index in [9.17, 15) is 8.42 Å². The maximum absolute atomic E-state index is 11.2. The molecule has 0 spiro atoms. The van der Waals surface area contributed by atoms with Gasteiger partial charge in [-0.3, -0.25) is 0 Å². The standard InChI is InChI=1S/C12H19N3O2S/c1-10-4-3-5-12(11(10)2)14-6-8-15(9-7-14)18(13,16)17/h3-5H,6-9H2,1-2H3,(H2,13,16,17). The lowest BCUT2D eigenvalue weighted by molar-refractivity contribution is 0.385. The molecule has 0 bridgehead atoms. The summed E-state index contributed by atoms with van der Waals surface area (Å²) in [5, 5.41) is 5.13. The van der Waals surface area contributed by atoms with Gasteiger partial charge < -0.3 is 4.90 Å². The van der Waals surface area contributed by atoms with Gasteiger partial charge in [0.05, 0.1) is 0 Å².